The van der Waals surface area contributed by atoms with Crippen LogP contribution in [0.2, 0.25) is 10.0 Å². The molecule has 9 heteroatoms. The van der Waals surface area contributed by atoms with Gasteiger partial charge in [-0.2, -0.15) is 0 Å². The van der Waals surface area contributed by atoms with Crippen molar-refractivity contribution in [2.45, 2.75) is 6.54 Å². The highest BCUT2D eigenvalue weighted by atomic mass is 35.5. The molecule has 0 fully saturated rings. The molecule has 0 saturated heterocycles. The molecule has 0 aliphatic carbocycles. The second-order valence-electron chi connectivity index (χ2n) is 3.75. The zero-order valence-corrected chi connectivity index (χ0v) is 11.3. The van der Waals surface area contributed by atoms with Gasteiger partial charge in [-0.05, 0) is 0 Å². The summed E-state index contributed by atoms with van der Waals surface area (Å²) in [7, 11) is 1.80. The molecule has 2 aromatic rings. The second-order valence-corrected chi connectivity index (χ2v) is 4.57. The molecule has 1 heterocycles. The van der Waals surface area contributed by atoms with Crippen LogP contribution in [-0.2, 0) is 13.6 Å². The maximum absolute atomic E-state index is 10.7. The number of aryl methyl sites for hydroxylation is 1. The monoisotopic (exact) mass is 301 g/mol. The average molecular weight is 302 g/mol. The number of nitro benzene ring substituents is 1. The molecule has 2 rings (SSSR count). The third kappa shape index (κ3) is 2.94. The van der Waals surface area contributed by atoms with Crippen molar-refractivity contribution >= 4 is 34.6 Å². The van der Waals surface area contributed by atoms with Crippen LogP contribution < -0.4 is 5.32 Å². The molecule has 7 nitrogen and oxygen atoms in total. The molecule has 0 spiro atoms. The van der Waals surface area contributed by atoms with Crippen LogP contribution in [0.4, 0.5) is 11.4 Å². The summed E-state index contributed by atoms with van der Waals surface area (Å²) in [4.78, 5) is 10.1. The van der Waals surface area contributed by atoms with Gasteiger partial charge < -0.3 is 9.88 Å². The van der Waals surface area contributed by atoms with Crippen LogP contribution in [0.5, 0.6) is 0 Å². The van der Waals surface area contributed by atoms with Crippen LogP contribution in [-0.4, -0.2) is 19.7 Å². The predicted octanol–water partition coefficient (Wildman–Crippen LogP) is 2.64. The van der Waals surface area contributed by atoms with Crippen molar-refractivity contribution in [1.82, 2.24) is 14.8 Å². The minimum absolute atomic E-state index is 0.154. The van der Waals surface area contributed by atoms with Gasteiger partial charge >= 0.3 is 0 Å². The predicted molar refractivity (Wildman–Crippen MR) is 71.4 cm³/mol. The summed E-state index contributed by atoms with van der Waals surface area (Å²) in [6, 6.07) is 2.49. The number of benzene rings is 1. The Morgan fingerprint density at radius 2 is 2.05 bits per heavy atom. The Morgan fingerprint density at radius 1 is 1.42 bits per heavy atom. The SMILES string of the molecule is Cn1cnnc1CNc1c(Cl)cc([N+](=O)[O-])cc1Cl. The van der Waals surface area contributed by atoms with Crippen LogP contribution in [0.25, 0.3) is 0 Å². The lowest BCUT2D eigenvalue weighted by Gasteiger charge is -2.09. The number of aromatic nitrogens is 3. The maximum Gasteiger partial charge on any atom is 0.272 e. The van der Waals surface area contributed by atoms with E-state index in [2.05, 4.69) is 15.5 Å². The van der Waals surface area contributed by atoms with E-state index in [1.165, 1.54) is 12.1 Å². The van der Waals surface area contributed by atoms with Gasteiger partial charge in [0.15, 0.2) is 5.82 Å². The molecule has 0 aliphatic heterocycles. The first-order valence-electron chi connectivity index (χ1n) is 5.19. The number of hydrogen-bond donors (Lipinski definition) is 1. The zero-order valence-electron chi connectivity index (χ0n) is 9.80. The van der Waals surface area contributed by atoms with E-state index in [1.807, 2.05) is 0 Å². The number of nitro groups is 1. The minimum Gasteiger partial charge on any atom is -0.375 e. The van der Waals surface area contributed by atoms with E-state index in [4.69, 9.17) is 23.2 Å². The zero-order chi connectivity index (χ0) is 14.0. The Bertz CT molecular complexity index is 605. The Morgan fingerprint density at radius 3 is 2.53 bits per heavy atom. The molecule has 0 amide bonds. The third-order valence-corrected chi connectivity index (χ3v) is 3.06. The van der Waals surface area contributed by atoms with Crippen molar-refractivity contribution in [3.05, 3.63) is 44.4 Å². The van der Waals surface area contributed by atoms with Crippen molar-refractivity contribution in [1.29, 1.82) is 0 Å². The van der Waals surface area contributed by atoms with Crippen LogP contribution in [0.3, 0.4) is 0 Å². The third-order valence-electron chi connectivity index (χ3n) is 2.47. The molecule has 0 bridgehead atoms. The smallest absolute Gasteiger partial charge is 0.272 e. The van der Waals surface area contributed by atoms with Crippen molar-refractivity contribution in [2.24, 2.45) is 7.05 Å². The van der Waals surface area contributed by atoms with Gasteiger partial charge in [0.1, 0.15) is 6.33 Å². The van der Waals surface area contributed by atoms with E-state index >= 15 is 0 Å². The summed E-state index contributed by atoms with van der Waals surface area (Å²) in [6.45, 7) is 0.355. The largest absolute Gasteiger partial charge is 0.375 e. The highest BCUT2D eigenvalue weighted by Crippen LogP contribution is 2.34. The van der Waals surface area contributed by atoms with Crippen LogP contribution in [0, 0.1) is 10.1 Å². The summed E-state index contributed by atoms with van der Waals surface area (Å²) >= 11 is 11.9. The van der Waals surface area contributed by atoms with Gasteiger partial charge in [-0.25, -0.2) is 0 Å². The van der Waals surface area contributed by atoms with Crippen LogP contribution in [0.15, 0.2) is 18.5 Å². The first-order chi connectivity index (χ1) is 8.99. The van der Waals surface area contributed by atoms with Gasteiger partial charge in [0.05, 0.1) is 27.2 Å². The number of anilines is 1. The first kappa shape index (κ1) is 13.6. The fraction of sp³-hybridized carbons (Fsp3) is 0.200. The maximum atomic E-state index is 10.7. The Kier molecular flexibility index (Phi) is 3.87. The summed E-state index contributed by atoms with van der Waals surface area (Å²) in [6.07, 6.45) is 1.57. The second kappa shape index (κ2) is 5.41. The fourth-order valence-corrected chi connectivity index (χ4v) is 2.08. The van der Waals surface area contributed by atoms with Gasteiger partial charge in [-0.15, -0.1) is 10.2 Å². The summed E-state index contributed by atoms with van der Waals surface area (Å²) < 4.78 is 1.74. The van der Waals surface area contributed by atoms with Gasteiger partial charge in [-0.1, -0.05) is 23.2 Å². The normalized spacial score (nSPS) is 10.5. The number of nitrogens with one attached hydrogen (secondary N) is 1. The van der Waals surface area contributed by atoms with E-state index in [9.17, 15) is 10.1 Å². The molecule has 100 valence electrons. The van der Waals surface area contributed by atoms with Crippen molar-refractivity contribution in [3.63, 3.8) is 0 Å². The van der Waals surface area contributed by atoms with Crippen LogP contribution in [0.1, 0.15) is 5.82 Å². The van der Waals surface area contributed by atoms with E-state index in [0.717, 1.165) is 0 Å². The Labute approximate surface area is 118 Å². The van der Waals surface area contributed by atoms with E-state index in [-0.39, 0.29) is 15.7 Å². The number of non-ortho nitro benzene ring substituents is 1. The first-order valence-corrected chi connectivity index (χ1v) is 5.95. The van der Waals surface area contributed by atoms with Gasteiger partial charge in [0.25, 0.3) is 5.69 Å². The lowest BCUT2D eigenvalue weighted by Crippen LogP contribution is -2.06. The van der Waals surface area contributed by atoms with Gasteiger partial charge in [0, 0.05) is 19.2 Å². The van der Waals surface area contributed by atoms with Gasteiger partial charge in [-0.3, -0.25) is 10.1 Å². The van der Waals surface area contributed by atoms with Crippen molar-refractivity contribution in [3.8, 4) is 0 Å². The van der Waals surface area contributed by atoms with Crippen molar-refractivity contribution in [2.75, 3.05) is 5.32 Å². The summed E-state index contributed by atoms with van der Waals surface area (Å²) in [5.41, 5.74) is 0.274. The molecule has 19 heavy (non-hydrogen) atoms. The Hall–Kier alpha value is -1.86. The minimum atomic E-state index is -0.551. The van der Waals surface area contributed by atoms with E-state index in [0.29, 0.717) is 18.1 Å². The topological polar surface area (TPSA) is 85.9 Å². The lowest BCUT2D eigenvalue weighted by atomic mass is 10.2. The average Bonchev–Trinajstić information content (AvgIpc) is 2.73. The number of nitrogens with zero attached hydrogens (tertiary/aromatic N) is 4. The van der Waals surface area contributed by atoms with E-state index < -0.39 is 4.92 Å². The number of hydrogen-bond acceptors (Lipinski definition) is 5. The standard InChI is InChI=1S/C10H9Cl2N5O2/c1-16-5-14-15-9(16)4-13-10-7(11)2-6(17(18)19)3-8(10)12/h2-3,5,13H,4H2,1H3. The molecule has 0 aliphatic rings. The van der Waals surface area contributed by atoms with Crippen molar-refractivity contribution < 1.29 is 4.92 Å². The van der Waals surface area contributed by atoms with Crippen LogP contribution >= 0.6 is 23.2 Å². The Balaban J connectivity index is 2.21. The molecule has 0 saturated carbocycles. The molecule has 1 aromatic carbocycles. The fourth-order valence-electron chi connectivity index (χ4n) is 1.47. The number of halogens is 2. The molecule has 0 unspecified atom stereocenters. The molecular weight excluding hydrogens is 293 g/mol. The molecule has 1 aromatic heterocycles. The highest BCUT2D eigenvalue weighted by Gasteiger charge is 2.14. The summed E-state index contributed by atoms with van der Waals surface area (Å²) in [5.74, 6) is 0.686. The molecular formula is C10H9Cl2N5O2. The molecule has 0 radical (unpaired) electrons. The number of rotatable bonds is 4. The molecule has 0 atom stereocenters. The van der Waals surface area contributed by atoms with E-state index in [1.54, 1.807) is 17.9 Å². The molecule has 1 N–H and O–H groups in total. The summed E-state index contributed by atoms with van der Waals surface area (Å²) in [5, 5.41) is 21.6. The quantitative estimate of drug-likeness (QED) is 0.693. The van der Waals surface area contributed by atoms with Gasteiger partial charge in [0.2, 0.25) is 0 Å². The lowest BCUT2D eigenvalue weighted by molar-refractivity contribution is -0.384. The highest BCUT2D eigenvalue weighted by molar-refractivity contribution is 6.39.